The average molecular weight is 345 g/mol. The number of nitrogens with two attached hydrogens (primary N) is 1. The second-order valence-corrected chi connectivity index (χ2v) is 8.51. The van der Waals surface area contributed by atoms with E-state index >= 15 is 0 Å². The van der Waals surface area contributed by atoms with Crippen molar-refractivity contribution >= 4 is 6.03 Å². The first-order valence-electron chi connectivity index (χ1n) is 8.68. The number of carbonyl (C=O) groups is 1. The molecule has 1 aliphatic heterocycles. The Labute approximate surface area is 148 Å². The third kappa shape index (κ3) is 12.5. The number of carbonyl (C=O) groups excluding carboxylic acids is 1. The van der Waals surface area contributed by atoms with E-state index in [1.807, 2.05) is 46.7 Å². The third-order valence-electron chi connectivity index (χ3n) is 3.45. The van der Waals surface area contributed by atoms with Crippen molar-refractivity contribution in [2.45, 2.75) is 38.8 Å². The molecule has 0 atom stereocenters. The summed E-state index contributed by atoms with van der Waals surface area (Å²) in [6.45, 7) is 13.6. The highest BCUT2D eigenvalue weighted by atomic mass is 16.2. The lowest BCUT2D eigenvalue weighted by molar-refractivity contribution is 0.211. The van der Waals surface area contributed by atoms with Crippen LogP contribution in [-0.4, -0.2) is 99.3 Å². The number of hydrogen-bond donors (Lipinski definition) is 3. The van der Waals surface area contributed by atoms with Crippen molar-refractivity contribution in [2.75, 3.05) is 67.5 Å². The summed E-state index contributed by atoms with van der Waals surface area (Å²) in [5.74, 6) is 0. The van der Waals surface area contributed by atoms with E-state index in [0.717, 1.165) is 39.3 Å². The van der Waals surface area contributed by atoms with E-state index in [4.69, 9.17) is 5.73 Å². The smallest absolute Gasteiger partial charge is 0.317 e. The summed E-state index contributed by atoms with van der Waals surface area (Å²) >= 11 is 0. The lowest BCUT2D eigenvalue weighted by Gasteiger charge is -2.19. The number of rotatable bonds is 8. The van der Waals surface area contributed by atoms with E-state index in [2.05, 4.69) is 34.5 Å². The van der Waals surface area contributed by atoms with E-state index in [9.17, 15) is 4.79 Å². The molecule has 0 aliphatic carbocycles. The first-order chi connectivity index (χ1) is 10.8. The Morgan fingerprint density at radius 3 is 2.12 bits per heavy atom. The van der Waals surface area contributed by atoms with Crippen molar-refractivity contribution in [3.05, 3.63) is 0 Å². The fraction of sp³-hybridized carbons (Fsp3) is 0.941. The molecular weight excluding hydrogens is 304 g/mol. The van der Waals surface area contributed by atoms with Gasteiger partial charge < -0.3 is 31.1 Å². The molecule has 0 spiro atoms. The van der Waals surface area contributed by atoms with Gasteiger partial charge in [0, 0.05) is 44.8 Å². The first-order valence-corrected chi connectivity index (χ1v) is 8.68. The maximum atomic E-state index is 11.4. The van der Waals surface area contributed by atoms with Crippen LogP contribution in [0, 0.1) is 0 Å². The lowest BCUT2D eigenvalue weighted by atomic mass is 10.1. The van der Waals surface area contributed by atoms with Crippen LogP contribution >= 0.6 is 0 Å². The van der Waals surface area contributed by atoms with Gasteiger partial charge in [0.2, 0.25) is 0 Å². The maximum Gasteiger partial charge on any atom is 0.317 e. The summed E-state index contributed by atoms with van der Waals surface area (Å²) < 4.78 is 0. The van der Waals surface area contributed by atoms with Gasteiger partial charge in [-0.05, 0) is 55.9 Å². The Balaban J connectivity index is 0.000000449. The molecule has 0 bridgehead atoms. The molecule has 7 nitrogen and oxygen atoms in total. The molecule has 1 saturated heterocycles. The minimum Gasteiger partial charge on any atom is -0.331 e. The number of likely N-dealkylation sites (N-methyl/N-ethyl adjacent to an activating group) is 2. The molecule has 1 rings (SSSR count). The van der Waals surface area contributed by atoms with Crippen molar-refractivity contribution in [1.82, 2.24) is 25.3 Å². The molecule has 0 aromatic carbocycles. The van der Waals surface area contributed by atoms with Crippen LogP contribution in [0.15, 0.2) is 0 Å². The molecule has 7 heteroatoms. The number of urea groups is 1. The summed E-state index contributed by atoms with van der Waals surface area (Å²) in [4.78, 5) is 17.5. The van der Waals surface area contributed by atoms with Gasteiger partial charge in [-0.25, -0.2) is 4.79 Å². The standard InChI is InChI=1S/C9H19N3O.C8H21N3/c1-9(2)7-12(8(13)10-9)6-5-11(3)4;1-8(2,9)7-10-5-6-11(3)4/h5-7H2,1-4H3,(H,10,13);10H,5-7,9H2,1-4H3. The van der Waals surface area contributed by atoms with Crippen molar-refractivity contribution in [3.8, 4) is 0 Å². The van der Waals surface area contributed by atoms with Crippen LogP contribution < -0.4 is 16.4 Å². The molecule has 0 aromatic heterocycles. The number of amides is 2. The number of hydrogen-bond acceptors (Lipinski definition) is 5. The molecule has 0 saturated carbocycles. The maximum absolute atomic E-state index is 11.4. The predicted octanol–water partition coefficient (Wildman–Crippen LogP) is 0.227. The Morgan fingerprint density at radius 2 is 1.75 bits per heavy atom. The van der Waals surface area contributed by atoms with Crippen LogP contribution in [-0.2, 0) is 0 Å². The fourth-order valence-corrected chi connectivity index (χ4v) is 2.17. The van der Waals surface area contributed by atoms with Crippen LogP contribution in [0.1, 0.15) is 27.7 Å². The molecule has 4 N–H and O–H groups in total. The Morgan fingerprint density at radius 1 is 1.21 bits per heavy atom. The Kier molecular flexibility index (Phi) is 9.80. The molecule has 0 unspecified atom stereocenters. The van der Waals surface area contributed by atoms with Gasteiger partial charge in [0.15, 0.2) is 0 Å². The molecule has 1 heterocycles. The van der Waals surface area contributed by atoms with Crippen LogP contribution in [0.2, 0.25) is 0 Å². The minimum absolute atomic E-state index is 0.0619. The van der Waals surface area contributed by atoms with Crippen LogP contribution in [0.25, 0.3) is 0 Å². The van der Waals surface area contributed by atoms with Crippen LogP contribution in [0.4, 0.5) is 4.79 Å². The number of nitrogens with one attached hydrogen (secondary N) is 2. The van der Waals surface area contributed by atoms with E-state index < -0.39 is 0 Å². The van der Waals surface area contributed by atoms with Crippen molar-refractivity contribution in [1.29, 1.82) is 0 Å². The molecule has 0 radical (unpaired) electrons. The third-order valence-corrected chi connectivity index (χ3v) is 3.45. The molecule has 2 amide bonds. The SMILES string of the molecule is CN(C)CCN1CC(C)(C)NC1=O.CN(C)CCNCC(C)(C)N. The van der Waals surface area contributed by atoms with Crippen LogP contribution in [0.3, 0.4) is 0 Å². The molecule has 0 aromatic rings. The molecule has 144 valence electrons. The summed E-state index contributed by atoms with van der Waals surface area (Å²) in [6.07, 6.45) is 0. The van der Waals surface area contributed by atoms with E-state index in [1.54, 1.807) is 0 Å². The summed E-state index contributed by atoms with van der Waals surface area (Å²) in [5, 5.41) is 6.23. The van der Waals surface area contributed by atoms with Gasteiger partial charge in [0.05, 0.1) is 5.54 Å². The quantitative estimate of drug-likeness (QED) is 0.550. The largest absolute Gasteiger partial charge is 0.331 e. The lowest BCUT2D eigenvalue weighted by Crippen LogP contribution is -2.44. The zero-order valence-corrected chi connectivity index (χ0v) is 17.1. The molecular formula is C17H40N6O. The summed E-state index contributed by atoms with van der Waals surface area (Å²) in [7, 11) is 8.16. The van der Waals surface area contributed by atoms with Crippen molar-refractivity contribution in [3.63, 3.8) is 0 Å². The summed E-state index contributed by atoms with van der Waals surface area (Å²) in [6, 6.07) is 0.0619. The minimum atomic E-state index is -0.0910. The molecule has 1 fully saturated rings. The first kappa shape index (κ1) is 23.1. The second kappa shape index (κ2) is 10.2. The van der Waals surface area contributed by atoms with Crippen LogP contribution in [0.5, 0.6) is 0 Å². The molecule has 24 heavy (non-hydrogen) atoms. The van der Waals surface area contributed by atoms with Gasteiger partial charge in [-0.1, -0.05) is 0 Å². The average Bonchev–Trinajstić information content (AvgIpc) is 2.64. The number of nitrogens with zero attached hydrogens (tertiary/aromatic N) is 3. The Bertz CT molecular complexity index is 363. The monoisotopic (exact) mass is 344 g/mol. The predicted molar refractivity (Wildman–Crippen MR) is 102 cm³/mol. The topological polar surface area (TPSA) is 76.9 Å². The van der Waals surface area contributed by atoms with Gasteiger partial charge >= 0.3 is 6.03 Å². The van der Waals surface area contributed by atoms with Gasteiger partial charge in [0.1, 0.15) is 0 Å². The highest BCUT2D eigenvalue weighted by Crippen LogP contribution is 2.13. The van der Waals surface area contributed by atoms with Gasteiger partial charge in [-0.3, -0.25) is 0 Å². The normalized spacial score (nSPS) is 17.1. The van der Waals surface area contributed by atoms with E-state index in [0.29, 0.717) is 0 Å². The highest BCUT2D eigenvalue weighted by molar-refractivity contribution is 5.77. The van der Waals surface area contributed by atoms with Gasteiger partial charge in [0.25, 0.3) is 0 Å². The van der Waals surface area contributed by atoms with Crippen molar-refractivity contribution in [2.24, 2.45) is 5.73 Å². The fourth-order valence-electron chi connectivity index (χ4n) is 2.17. The zero-order valence-electron chi connectivity index (χ0n) is 17.1. The van der Waals surface area contributed by atoms with Gasteiger partial charge in [-0.2, -0.15) is 0 Å². The second-order valence-electron chi connectivity index (χ2n) is 8.51. The Hall–Kier alpha value is -0.890. The summed E-state index contributed by atoms with van der Waals surface area (Å²) in [5.41, 5.74) is 5.62. The van der Waals surface area contributed by atoms with Crippen molar-refractivity contribution < 1.29 is 4.79 Å². The van der Waals surface area contributed by atoms with Gasteiger partial charge in [-0.15, -0.1) is 0 Å². The zero-order chi connectivity index (χ0) is 19.0. The molecule has 1 aliphatic rings. The van der Waals surface area contributed by atoms with E-state index in [1.165, 1.54) is 0 Å². The van der Waals surface area contributed by atoms with E-state index in [-0.39, 0.29) is 17.1 Å². The highest BCUT2D eigenvalue weighted by Gasteiger charge is 2.34.